The highest BCUT2D eigenvalue weighted by atomic mass is 16.6. The number of ether oxygens (including phenoxy) is 2. The van der Waals surface area contributed by atoms with E-state index in [0.717, 1.165) is 57.8 Å². The predicted octanol–water partition coefficient (Wildman–Crippen LogP) is 14.0. The van der Waals surface area contributed by atoms with E-state index in [2.05, 4.69) is 43.5 Å². The largest absolute Gasteiger partial charge is 0.423 e. The molecule has 0 aromatic heterocycles. The van der Waals surface area contributed by atoms with Crippen LogP contribution in [0.5, 0.6) is 11.5 Å². The van der Waals surface area contributed by atoms with Gasteiger partial charge in [-0.15, -0.1) is 0 Å². The standard InChI is InChI=1S/C48H83NO5/c1-6-8-10-12-14-16-18-20-22-24-26-28-30-32-34-36-46(51)53-44-39-38-42(43(50)41-49-48(3,4)5)40-45(44)54-47(52)37-35-33-31-29-27-25-23-21-19-17-15-13-11-9-7-2/h20-23,38-40,43,49-50H,6-19,24-37,41H2,1-5H3. The lowest BCUT2D eigenvalue weighted by Crippen LogP contribution is -2.38. The van der Waals surface area contributed by atoms with Gasteiger partial charge < -0.3 is 19.9 Å². The van der Waals surface area contributed by atoms with Crippen molar-refractivity contribution in [3.8, 4) is 11.5 Å². The van der Waals surface area contributed by atoms with Crippen LogP contribution in [0.3, 0.4) is 0 Å². The monoisotopic (exact) mass is 754 g/mol. The fourth-order valence-electron chi connectivity index (χ4n) is 6.44. The first-order valence-electron chi connectivity index (χ1n) is 22.4. The summed E-state index contributed by atoms with van der Waals surface area (Å²) in [6.07, 6.45) is 40.4. The molecule has 1 rings (SSSR count). The summed E-state index contributed by atoms with van der Waals surface area (Å²) in [5.41, 5.74) is 0.451. The second-order valence-corrected chi connectivity index (χ2v) is 16.5. The molecule has 0 aliphatic rings. The van der Waals surface area contributed by atoms with Gasteiger partial charge in [0.05, 0.1) is 6.10 Å². The van der Waals surface area contributed by atoms with E-state index in [1.165, 1.54) is 109 Å². The predicted molar refractivity (Wildman–Crippen MR) is 229 cm³/mol. The van der Waals surface area contributed by atoms with Crippen LogP contribution in [0.15, 0.2) is 42.5 Å². The van der Waals surface area contributed by atoms with Gasteiger partial charge in [0.2, 0.25) is 0 Å². The minimum absolute atomic E-state index is 0.153. The number of aliphatic hydroxyl groups is 1. The van der Waals surface area contributed by atoms with Gasteiger partial charge in [0.1, 0.15) is 0 Å². The molecular formula is C48H83NO5. The molecule has 0 radical (unpaired) electrons. The molecule has 0 bridgehead atoms. The lowest BCUT2D eigenvalue weighted by atomic mass is 10.1. The molecule has 1 aromatic carbocycles. The summed E-state index contributed by atoms with van der Waals surface area (Å²) in [6, 6.07) is 5.01. The summed E-state index contributed by atoms with van der Waals surface area (Å²) in [5.74, 6) is -0.255. The Morgan fingerprint density at radius 2 is 0.944 bits per heavy atom. The van der Waals surface area contributed by atoms with Gasteiger partial charge in [-0.25, -0.2) is 0 Å². The molecule has 54 heavy (non-hydrogen) atoms. The fraction of sp³-hybridized carbons (Fsp3) is 0.750. The second kappa shape index (κ2) is 33.9. The number of carbonyl (C=O) groups excluding carboxylic acids is 2. The van der Waals surface area contributed by atoms with Gasteiger partial charge in [-0.2, -0.15) is 0 Å². The highest BCUT2D eigenvalue weighted by molar-refractivity contribution is 5.76. The highest BCUT2D eigenvalue weighted by Gasteiger charge is 2.19. The third kappa shape index (κ3) is 29.9. The number of hydrogen-bond donors (Lipinski definition) is 2. The molecule has 1 unspecified atom stereocenters. The van der Waals surface area contributed by atoms with Crippen molar-refractivity contribution < 1.29 is 24.2 Å². The topological polar surface area (TPSA) is 84.9 Å². The lowest BCUT2D eigenvalue weighted by molar-refractivity contribution is -0.137. The third-order valence-corrected chi connectivity index (χ3v) is 9.91. The van der Waals surface area contributed by atoms with E-state index in [1.54, 1.807) is 18.2 Å². The summed E-state index contributed by atoms with van der Waals surface area (Å²) in [7, 11) is 0. The molecule has 1 aromatic rings. The number of nitrogens with one attached hydrogen (secondary N) is 1. The first kappa shape index (κ1) is 49.6. The lowest BCUT2D eigenvalue weighted by Gasteiger charge is -2.23. The molecule has 0 fully saturated rings. The minimum Gasteiger partial charge on any atom is -0.423 e. The van der Waals surface area contributed by atoms with Crippen LogP contribution in [-0.2, 0) is 9.59 Å². The number of carbonyl (C=O) groups is 2. The zero-order valence-corrected chi connectivity index (χ0v) is 35.7. The summed E-state index contributed by atoms with van der Waals surface area (Å²) < 4.78 is 11.5. The average Bonchev–Trinajstić information content (AvgIpc) is 3.14. The summed E-state index contributed by atoms with van der Waals surface area (Å²) >= 11 is 0. The Labute approximate surface area is 332 Å². The number of hydrogen-bond acceptors (Lipinski definition) is 6. The van der Waals surface area contributed by atoms with Crippen LogP contribution in [0, 0.1) is 0 Å². The Kier molecular flexibility index (Phi) is 31.1. The van der Waals surface area contributed by atoms with Gasteiger partial charge in [0.15, 0.2) is 11.5 Å². The molecule has 0 spiro atoms. The molecule has 6 nitrogen and oxygen atoms in total. The molecule has 0 saturated heterocycles. The summed E-state index contributed by atoms with van der Waals surface area (Å²) in [5, 5.41) is 14.2. The summed E-state index contributed by atoms with van der Waals surface area (Å²) in [4.78, 5) is 25.7. The Morgan fingerprint density at radius 1 is 0.574 bits per heavy atom. The molecular weight excluding hydrogens is 671 g/mol. The fourth-order valence-corrected chi connectivity index (χ4v) is 6.44. The normalized spacial score (nSPS) is 12.6. The average molecular weight is 754 g/mol. The third-order valence-electron chi connectivity index (χ3n) is 9.91. The first-order chi connectivity index (χ1) is 26.2. The zero-order chi connectivity index (χ0) is 39.5. The highest BCUT2D eigenvalue weighted by Crippen LogP contribution is 2.32. The number of allylic oxidation sites excluding steroid dienone is 4. The molecule has 0 amide bonds. The van der Waals surface area contributed by atoms with E-state index < -0.39 is 6.10 Å². The van der Waals surface area contributed by atoms with E-state index in [4.69, 9.17) is 9.47 Å². The van der Waals surface area contributed by atoms with Crippen molar-refractivity contribution in [2.24, 2.45) is 0 Å². The maximum absolute atomic E-state index is 12.9. The van der Waals surface area contributed by atoms with Crippen LogP contribution < -0.4 is 14.8 Å². The Balaban J connectivity index is 2.43. The number of esters is 2. The molecule has 0 aliphatic carbocycles. The summed E-state index contributed by atoms with van der Waals surface area (Å²) in [6.45, 7) is 11.0. The maximum Gasteiger partial charge on any atom is 0.311 e. The maximum atomic E-state index is 12.9. The van der Waals surface area contributed by atoms with Gasteiger partial charge in [0.25, 0.3) is 0 Å². The first-order valence-corrected chi connectivity index (χ1v) is 22.4. The number of benzene rings is 1. The minimum atomic E-state index is -0.798. The molecule has 0 heterocycles. The van der Waals surface area contributed by atoms with Crippen LogP contribution in [0.1, 0.15) is 226 Å². The van der Waals surface area contributed by atoms with Gasteiger partial charge in [-0.05, 0) is 103 Å². The Bertz CT molecular complexity index is 1120. The molecule has 310 valence electrons. The van der Waals surface area contributed by atoms with E-state index in [9.17, 15) is 14.7 Å². The van der Waals surface area contributed by atoms with Crippen molar-refractivity contribution in [3.05, 3.63) is 48.1 Å². The van der Waals surface area contributed by atoms with Crippen LogP contribution >= 0.6 is 0 Å². The molecule has 6 heteroatoms. The zero-order valence-electron chi connectivity index (χ0n) is 35.7. The number of unbranched alkanes of at least 4 members (excludes halogenated alkanes) is 22. The van der Waals surface area contributed by atoms with Gasteiger partial charge >= 0.3 is 11.9 Å². The van der Waals surface area contributed by atoms with Crippen molar-refractivity contribution in [3.63, 3.8) is 0 Å². The van der Waals surface area contributed by atoms with E-state index in [1.807, 2.05) is 20.8 Å². The SMILES string of the molecule is CCCCCCCCC=CCCCCCCCC(=O)Oc1ccc(C(O)CNC(C)(C)C)cc1OC(=O)CCCCCCCC=CCCCCCCCC. The quantitative estimate of drug-likeness (QED) is 0.0311. The van der Waals surface area contributed by atoms with E-state index in [0.29, 0.717) is 24.9 Å². The van der Waals surface area contributed by atoms with Crippen molar-refractivity contribution in [1.82, 2.24) is 5.32 Å². The Hall–Kier alpha value is -2.44. The van der Waals surface area contributed by atoms with Crippen molar-refractivity contribution in [2.75, 3.05) is 6.54 Å². The Morgan fingerprint density at radius 3 is 1.35 bits per heavy atom. The van der Waals surface area contributed by atoms with Crippen LogP contribution in [0.2, 0.25) is 0 Å². The van der Waals surface area contributed by atoms with Crippen LogP contribution in [0.4, 0.5) is 0 Å². The van der Waals surface area contributed by atoms with Gasteiger partial charge in [0, 0.05) is 24.9 Å². The van der Waals surface area contributed by atoms with Gasteiger partial charge in [-0.3, -0.25) is 9.59 Å². The van der Waals surface area contributed by atoms with E-state index in [-0.39, 0.29) is 29.0 Å². The smallest absolute Gasteiger partial charge is 0.311 e. The van der Waals surface area contributed by atoms with E-state index >= 15 is 0 Å². The molecule has 1 atom stereocenters. The number of aliphatic hydroxyl groups excluding tert-OH is 1. The van der Waals surface area contributed by atoms with Crippen LogP contribution in [-0.4, -0.2) is 29.1 Å². The van der Waals surface area contributed by atoms with Crippen LogP contribution in [0.25, 0.3) is 0 Å². The molecule has 0 saturated carbocycles. The van der Waals surface area contributed by atoms with Crippen molar-refractivity contribution in [2.45, 2.75) is 226 Å². The number of β-amino-alcohol motifs (C(OH)–C–C–N with tert-alkyl or cyclic N) is 1. The van der Waals surface area contributed by atoms with Crippen molar-refractivity contribution in [1.29, 1.82) is 0 Å². The van der Waals surface area contributed by atoms with Crippen molar-refractivity contribution >= 4 is 11.9 Å². The molecule has 2 N–H and O–H groups in total. The number of rotatable bonds is 35. The molecule has 0 aliphatic heterocycles. The second-order valence-electron chi connectivity index (χ2n) is 16.5. The van der Waals surface area contributed by atoms with Gasteiger partial charge in [-0.1, -0.05) is 147 Å².